The zero-order valence-corrected chi connectivity index (χ0v) is 13.7. The highest BCUT2D eigenvalue weighted by Crippen LogP contribution is 2.37. The standard InChI is InChI=1S/C14H20BrN3O3/c1-17-11(5-6-12(17)18(20)21)13(19)16-10-14(9-15)7-3-2-4-8-14/h5-6H,2-4,7-10H2,1H3,(H,16,19). The molecule has 1 heterocycles. The smallest absolute Gasteiger partial charge is 0.323 e. The molecule has 0 aromatic carbocycles. The van der Waals surface area contributed by atoms with Crippen LogP contribution in [-0.4, -0.2) is 27.3 Å². The molecule has 0 unspecified atom stereocenters. The Morgan fingerprint density at radius 2 is 2.10 bits per heavy atom. The number of alkyl halides is 1. The van der Waals surface area contributed by atoms with Crippen molar-refractivity contribution in [1.82, 2.24) is 9.88 Å². The quantitative estimate of drug-likeness (QED) is 0.499. The molecule has 6 nitrogen and oxygen atoms in total. The lowest BCUT2D eigenvalue weighted by molar-refractivity contribution is -0.391. The van der Waals surface area contributed by atoms with Gasteiger partial charge in [0, 0.05) is 17.9 Å². The molecule has 1 saturated carbocycles. The van der Waals surface area contributed by atoms with Crippen LogP contribution in [0.3, 0.4) is 0 Å². The van der Waals surface area contributed by atoms with Crippen molar-refractivity contribution in [3.63, 3.8) is 0 Å². The van der Waals surface area contributed by atoms with Gasteiger partial charge in [-0.25, -0.2) is 4.57 Å². The van der Waals surface area contributed by atoms with E-state index in [1.165, 1.54) is 43.0 Å². The first-order valence-electron chi connectivity index (χ1n) is 7.13. The molecule has 1 aliphatic carbocycles. The molecule has 2 rings (SSSR count). The molecule has 21 heavy (non-hydrogen) atoms. The molecule has 1 aromatic heterocycles. The average molecular weight is 358 g/mol. The zero-order chi connectivity index (χ0) is 15.5. The number of amides is 1. The second-order valence-electron chi connectivity index (χ2n) is 5.77. The van der Waals surface area contributed by atoms with Gasteiger partial charge in [0.15, 0.2) is 5.69 Å². The molecule has 0 radical (unpaired) electrons. The van der Waals surface area contributed by atoms with E-state index in [0.717, 1.165) is 18.2 Å². The molecule has 1 N–H and O–H groups in total. The summed E-state index contributed by atoms with van der Waals surface area (Å²) in [6.07, 6.45) is 5.85. The Bertz CT molecular complexity index is 536. The Hall–Kier alpha value is -1.37. The van der Waals surface area contributed by atoms with Crippen LogP contribution in [0.25, 0.3) is 0 Å². The van der Waals surface area contributed by atoms with Crippen molar-refractivity contribution in [3.05, 3.63) is 27.9 Å². The van der Waals surface area contributed by atoms with Crippen molar-refractivity contribution < 1.29 is 9.72 Å². The first kappa shape index (κ1) is 16.0. The van der Waals surface area contributed by atoms with Crippen molar-refractivity contribution >= 4 is 27.7 Å². The number of carbonyl (C=O) groups is 1. The van der Waals surface area contributed by atoms with Gasteiger partial charge in [0.1, 0.15) is 0 Å². The van der Waals surface area contributed by atoms with E-state index in [-0.39, 0.29) is 17.1 Å². The molecule has 0 aliphatic heterocycles. The molecule has 7 heteroatoms. The molecular weight excluding hydrogens is 338 g/mol. The molecule has 1 amide bonds. The minimum absolute atomic E-state index is 0.0759. The second kappa shape index (κ2) is 6.60. The fourth-order valence-corrected chi connectivity index (χ4v) is 3.69. The number of carbonyl (C=O) groups excluding carboxylic acids is 1. The minimum atomic E-state index is -0.488. The Morgan fingerprint density at radius 3 is 2.62 bits per heavy atom. The highest BCUT2D eigenvalue weighted by atomic mass is 79.9. The van der Waals surface area contributed by atoms with E-state index in [1.807, 2.05) is 0 Å². The maximum Gasteiger partial charge on any atom is 0.323 e. The monoisotopic (exact) mass is 357 g/mol. The van der Waals surface area contributed by atoms with Gasteiger partial charge in [0.05, 0.1) is 7.05 Å². The van der Waals surface area contributed by atoms with E-state index in [0.29, 0.717) is 12.2 Å². The Balaban J connectivity index is 2.03. The van der Waals surface area contributed by atoms with Crippen molar-refractivity contribution in [1.29, 1.82) is 0 Å². The van der Waals surface area contributed by atoms with Gasteiger partial charge in [-0.1, -0.05) is 35.2 Å². The van der Waals surface area contributed by atoms with Gasteiger partial charge in [-0.2, -0.15) is 0 Å². The van der Waals surface area contributed by atoms with Crippen LogP contribution >= 0.6 is 15.9 Å². The number of hydrogen-bond acceptors (Lipinski definition) is 3. The molecular formula is C14H20BrN3O3. The summed E-state index contributed by atoms with van der Waals surface area (Å²) in [5.74, 6) is -0.329. The Labute approximate surface area is 132 Å². The number of aromatic nitrogens is 1. The summed E-state index contributed by atoms with van der Waals surface area (Å²) < 4.78 is 1.32. The highest BCUT2D eigenvalue weighted by Gasteiger charge is 2.32. The van der Waals surface area contributed by atoms with Gasteiger partial charge in [0.2, 0.25) is 0 Å². The highest BCUT2D eigenvalue weighted by molar-refractivity contribution is 9.09. The third kappa shape index (κ3) is 3.45. The molecule has 116 valence electrons. The van der Waals surface area contributed by atoms with E-state index in [1.54, 1.807) is 0 Å². The summed E-state index contributed by atoms with van der Waals surface area (Å²) in [5, 5.41) is 14.6. The summed E-state index contributed by atoms with van der Waals surface area (Å²) in [6, 6.07) is 2.85. The first-order valence-corrected chi connectivity index (χ1v) is 8.25. The van der Waals surface area contributed by atoms with Crippen LogP contribution in [0.5, 0.6) is 0 Å². The summed E-state index contributed by atoms with van der Waals surface area (Å²) >= 11 is 3.57. The number of halogens is 1. The minimum Gasteiger partial charge on any atom is -0.358 e. The molecule has 0 bridgehead atoms. The van der Waals surface area contributed by atoms with Gasteiger partial charge >= 0.3 is 5.82 Å². The third-order valence-electron chi connectivity index (χ3n) is 4.34. The predicted molar refractivity (Wildman–Crippen MR) is 83.7 cm³/mol. The van der Waals surface area contributed by atoms with Gasteiger partial charge in [0.25, 0.3) is 5.91 Å². The maximum absolute atomic E-state index is 12.2. The van der Waals surface area contributed by atoms with Crippen molar-refractivity contribution in [3.8, 4) is 0 Å². The van der Waals surface area contributed by atoms with Crippen LogP contribution in [0.1, 0.15) is 42.6 Å². The van der Waals surface area contributed by atoms with E-state index < -0.39 is 4.92 Å². The average Bonchev–Trinajstić information content (AvgIpc) is 2.88. The number of rotatable bonds is 5. The summed E-state index contributed by atoms with van der Waals surface area (Å²) in [5.41, 5.74) is 0.438. The molecule has 0 saturated heterocycles. The van der Waals surface area contributed by atoms with E-state index in [9.17, 15) is 14.9 Å². The topological polar surface area (TPSA) is 77.2 Å². The van der Waals surface area contributed by atoms with Gasteiger partial charge in [-0.3, -0.25) is 4.79 Å². The fourth-order valence-electron chi connectivity index (χ4n) is 2.93. The van der Waals surface area contributed by atoms with E-state index in [4.69, 9.17) is 0 Å². The van der Waals surface area contributed by atoms with E-state index >= 15 is 0 Å². The van der Waals surface area contributed by atoms with Crippen LogP contribution < -0.4 is 5.32 Å². The van der Waals surface area contributed by atoms with Gasteiger partial charge in [-0.05, 0) is 29.2 Å². The zero-order valence-electron chi connectivity index (χ0n) is 12.1. The lowest BCUT2D eigenvalue weighted by atomic mass is 9.75. The van der Waals surface area contributed by atoms with Crippen molar-refractivity contribution in [2.75, 3.05) is 11.9 Å². The number of hydrogen-bond donors (Lipinski definition) is 1. The molecule has 0 atom stereocenters. The Morgan fingerprint density at radius 1 is 1.43 bits per heavy atom. The normalized spacial score (nSPS) is 17.4. The van der Waals surface area contributed by atoms with Crippen molar-refractivity contribution in [2.24, 2.45) is 12.5 Å². The van der Waals surface area contributed by atoms with Gasteiger partial charge in [-0.15, -0.1) is 0 Å². The number of nitrogens with one attached hydrogen (secondary N) is 1. The van der Waals surface area contributed by atoms with E-state index in [2.05, 4.69) is 21.2 Å². The first-order chi connectivity index (χ1) is 9.99. The summed E-state index contributed by atoms with van der Waals surface area (Å²) in [4.78, 5) is 22.6. The van der Waals surface area contributed by atoms with Crippen molar-refractivity contribution in [2.45, 2.75) is 32.1 Å². The third-order valence-corrected chi connectivity index (χ3v) is 5.53. The fraction of sp³-hybridized carbons (Fsp3) is 0.643. The van der Waals surface area contributed by atoms with Crippen LogP contribution in [0, 0.1) is 15.5 Å². The van der Waals surface area contributed by atoms with Gasteiger partial charge < -0.3 is 15.4 Å². The second-order valence-corrected chi connectivity index (χ2v) is 6.33. The maximum atomic E-state index is 12.2. The predicted octanol–water partition coefficient (Wildman–Crippen LogP) is 3.01. The SMILES string of the molecule is Cn1c(C(=O)NCC2(CBr)CCCCC2)ccc1[N+](=O)[O-]. The van der Waals surface area contributed by atoms with Crippen LogP contribution in [-0.2, 0) is 7.05 Å². The lowest BCUT2D eigenvalue weighted by Gasteiger charge is -2.35. The largest absolute Gasteiger partial charge is 0.358 e. The molecule has 1 fully saturated rings. The molecule has 1 aromatic rings. The summed E-state index contributed by atoms with van der Waals surface area (Å²) in [6.45, 7) is 0.607. The Kier molecular flexibility index (Phi) is 5.03. The summed E-state index contributed by atoms with van der Waals surface area (Å²) in [7, 11) is 1.54. The number of nitrogens with zero attached hydrogens (tertiary/aromatic N) is 2. The van der Waals surface area contributed by atoms with Crippen LogP contribution in [0.15, 0.2) is 12.1 Å². The molecule has 1 aliphatic rings. The lowest BCUT2D eigenvalue weighted by Crippen LogP contribution is -2.40. The van der Waals surface area contributed by atoms with Crippen LogP contribution in [0.4, 0.5) is 5.82 Å². The molecule has 0 spiro atoms. The number of nitro groups is 1. The van der Waals surface area contributed by atoms with Crippen LogP contribution in [0.2, 0.25) is 0 Å².